The Morgan fingerprint density at radius 2 is 2.06 bits per heavy atom. The first kappa shape index (κ1) is 12.1. The van der Waals surface area contributed by atoms with E-state index in [-0.39, 0.29) is 0 Å². The van der Waals surface area contributed by atoms with Crippen molar-refractivity contribution in [1.82, 2.24) is 9.88 Å². The number of nitrogens with two attached hydrogens (primary N) is 1. The van der Waals surface area contributed by atoms with E-state index >= 15 is 0 Å². The minimum Gasteiger partial charge on any atom is -0.361 e. The number of H-pyrrole nitrogens is 1. The van der Waals surface area contributed by atoms with Gasteiger partial charge in [-0.2, -0.15) is 0 Å². The highest BCUT2D eigenvalue weighted by atomic mass is 15.1. The second-order valence-electron chi connectivity index (χ2n) is 4.70. The molecule has 0 amide bonds. The fourth-order valence-corrected chi connectivity index (χ4v) is 2.37. The lowest BCUT2D eigenvalue weighted by Gasteiger charge is -2.24. The summed E-state index contributed by atoms with van der Waals surface area (Å²) in [5.41, 5.74) is 8.20. The van der Waals surface area contributed by atoms with Crippen LogP contribution in [0.1, 0.15) is 24.4 Å². The Morgan fingerprint density at radius 1 is 1.29 bits per heavy atom. The van der Waals surface area contributed by atoms with Crippen LogP contribution >= 0.6 is 0 Å². The number of benzene rings is 1. The molecule has 1 unspecified atom stereocenters. The van der Waals surface area contributed by atoms with Crippen LogP contribution in [0, 0.1) is 0 Å². The summed E-state index contributed by atoms with van der Waals surface area (Å²) in [6.07, 6.45) is 4.29. The van der Waals surface area contributed by atoms with Gasteiger partial charge >= 0.3 is 0 Å². The Balaban J connectivity index is 2.34. The van der Waals surface area contributed by atoms with Gasteiger partial charge in [-0.05, 0) is 45.1 Å². The van der Waals surface area contributed by atoms with Crippen LogP contribution < -0.4 is 5.73 Å². The minimum atomic E-state index is 0.440. The number of para-hydroxylation sites is 1. The summed E-state index contributed by atoms with van der Waals surface area (Å²) in [5, 5.41) is 1.32. The molecule has 17 heavy (non-hydrogen) atoms. The molecule has 1 aromatic heterocycles. The Bertz CT molecular complexity index is 473. The average Bonchev–Trinajstić information content (AvgIpc) is 2.73. The first-order chi connectivity index (χ1) is 8.24. The van der Waals surface area contributed by atoms with Gasteiger partial charge in [-0.25, -0.2) is 0 Å². The lowest BCUT2D eigenvalue weighted by Crippen LogP contribution is -2.20. The summed E-state index contributed by atoms with van der Waals surface area (Å²) >= 11 is 0. The molecular weight excluding hydrogens is 210 g/mol. The van der Waals surface area contributed by atoms with Gasteiger partial charge in [0.15, 0.2) is 0 Å². The number of hydrogen-bond donors (Lipinski definition) is 2. The molecule has 2 rings (SSSR count). The van der Waals surface area contributed by atoms with Gasteiger partial charge in [0, 0.05) is 23.1 Å². The molecule has 0 aliphatic heterocycles. The van der Waals surface area contributed by atoms with Crippen LogP contribution in [0.3, 0.4) is 0 Å². The van der Waals surface area contributed by atoms with Crippen molar-refractivity contribution >= 4 is 10.9 Å². The van der Waals surface area contributed by atoms with Crippen molar-refractivity contribution in [3.05, 3.63) is 36.0 Å². The monoisotopic (exact) mass is 231 g/mol. The minimum absolute atomic E-state index is 0.440. The van der Waals surface area contributed by atoms with Crippen LogP contribution in [0.15, 0.2) is 30.5 Å². The van der Waals surface area contributed by atoms with E-state index in [0.717, 1.165) is 19.4 Å². The number of nitrogens with zero attached hydrogens (tertiary/aromatic N) is 1. The van der Waals surface area contributed by atoms with Crippen LogP contribution in [0.5, 0.6) is 0 Å². The van der Waals surface area contributed by atoms with E-state index in [2.05, 4.69) is 54.4 Å². The van der Waals surface area contributed by atoms with Gasteiger partial charge in [-0.15, -0.1) is 0 Å². The second-order valence-corrected chi connectivity index (χ2v) is 4.70. The molecule has 0 saturated heterocycles. The summed E-state index contributed by atoms with van der Waals surface area (Å²) in [6.45, 7) is 0.757. The SMILES string of the molecule is CN(C)C(CCCN)c1c[nH]c2ccccc12. The summed E-state index contributed by atoms with van der Waals surface area (Å²) in [5.74, 6) is 0. The van der Waals surface area contributed by atoms with Crippen molar-refractivity contribution in [1.29, 1.82) is 0 Å². The fourth-order valence-electron chi connectivity index (χ4n) is 2.37. The first-order valence-corrected chi connectivity index (χ1v) is 6.16. The molecule has 1 heterocycles. The molecule has 2 aromatic rings. The third-order valence-corrected chi connectivity index (χ3v) is 3.29. The summed E-state index contributed by atoms with van der Waals surface area (Å²) < 4.78 is 0. The Kier molecular flexibility index (Phi) is 3.82. The van der Waals surface area contributed by atoms with E-state index in [1.54, 1.807) is 0 Å². The Morgan fingerprint density at radius 3 is 2.76 bits per heavy atom. The number of aromatic nitrogens is 1. The van der Waals surface area contributed by atoms with Crippen molar-refractivity contribution in [3.63, 3.8) is 0 Å². The van der Waals surface area contributed by atoms with E-state index < -0.39 is 0 Å². The largest absolute Gasteiger partial charge is 0.361 e. The van der Waals surface area contributed by atoms with Crippen LogP contribution in [-0.4, -0.2) is 30.5 Å². The summed E-state index contributed by atoms with van der Waals surface area (Å²) in [4.78, 5) is 5.61. The maximum atomic E-state index is 5.62. The quantitative estimate of drug-likeness (QED) is 0.830. The number of aromatic amines is 1. The highest BCUT2D eigenvalue weighted by Gasteiger charge is 2.17. The third-order valence-electron chi connectivity index (χ3n) is 3.29. The van der Waals surface area contributed by atoms with Gasteiger partial charge in [0.2, 0.25) is 0 Å². The lowest BCUT2D eigenvalue weighted by atomic mass is 10.0. The normalized spacial score (nSPS) is 13.4. The zero-order valence-electron chi connectivity index (χ0n) is 10.6. The first-order valence-electron chi connectivity index (χ1n) is 6.16. The second kappa shape index (κ2) is 5.34. The average molecular weight is 231 g/mol. The summed E-state index contributed by atoms with van der Waals surface area (Å²) in [6, 6.07) is 8.89. The van der Waals surface area contributed by atoms with Crippen molar-refractivity contribution < 1.29 is 0 Å². The molecule has 0 bridgehead atoms. The fraction of sp³-hybridized carbons (Fsp3) is 0.429. The van der Waals surface area contributed by atoms with Crippen LogP contribution in [-0.2, 0) is 0 Å². The van der Waals surface area contributed by atoms with Gasteiger partial charge in [0.05, 0.1) is 0 Å². The third kappa shape index (κ3) is 2.51. The van der Waals surface area contributed by atoms with Crippen LogP contribution in [0.2, 0.25) is 0 Å². The summed E-state index contributed by atoms with van der Waals surface area (Å²) in [7, 11) is 4.26. The van der Waals surface area contributed by atoms with Gasteiger partial charge in [-0.1, -0.05) is 18.2 Å². The maximum Gasteiger partial charge on any atom is 0.0457 e. The molecule has 0 spiro atoms. The van der Waals surface area contributed by atoms with E-state index in [1.165, 1.54) is 16.5 Å². The number of rotatable bonds is 5. The molecule has 0 aliphatic rings. The molecular formula is C14H21N3. The zero-order chi connectivity index (χ0) is 12.3. The molecule has 92 valence electrons. The standard InChI is InChI=1S/C14H21N3/c1-17(2)14(8-5-9-15)12-10-16-13-7-4-3-6-11(12)13/h3-4,6-7,10,14,16H,5,8-9,15H2,1-2H3. The predicted octanol–water partition coefficient (Wildman–Crippen LogP) is 2.51. The molecule has 3 N–H and O–H groups in total. The molecule has 1 atom stereocenters. The highest BCUT2D eigenvalue weighted by molar-refractivity contribution is 5.83. The van der Waals surface area contributed by atoms with E-state index in [9.17, 15) is 0 Å². The van der Waals surface area contributed by atoms with Gasteiger partial charge in [0.25, 0.3) is 0 Å². The van der Waals surface area contributed by atoms with Gasteiger partial charge in [0.1, 0.15) is 0 Å². The van der Waals surface area contributed by atoms with Crippen LogP contribution in [0.25, 0.3) is 10.9 Å². The molecule has 0 radical (unpaired) electrons. The van der Waals surface area contributed by atoms with E-state index in [1.807, 2.05) is 0 Å². The maximum absolute atomic E-state index is 5.62. The van der Waals surface area contributed by atoms with E-state index in [0.29, 0.717) is 6.04 Å². The van der Waals surface area contributed by atoms with Crippen molar-refractivity contribution in [3.8, 4) is 0 Å². The van der Waals surface area contributed by atoms with Gasteiger partial charge in [-0.3, -0.25) is 0 Å². The Hall–Kier alpha value is -1.32. The smallest absolute Gasteiger partial charge is 0.0457 e. The predicted molar refractivity (Wildman–Crippen MR) is 73.0 cm³/mol. The molecule has 3 nitrogen and oxygen atoms in total. The highest BCUT2D eigenvalue weighted by Crippen LogP contribution is 2.29. The number of hydrogen-bond acceptors (Lipinski definition) is 2. The topological polar surface area (TPSA) is 45.0 Å². The van der Waals surface area contributed by atoms with Gasteiger partial charge < -0.3 is 15.6 Å². The molecule has 1 aromatic carbocycles. The molecule has 0 saturated carbocycles. The van der Waals surface area contributed by atoms with Crippen molar-refractivity contribution in [2.75, 3.05) is 20.6 Å². The number of nitrogens with one attached hydrogen (secondary N) is 1. The van der Waals surface area contributed by atoms with Crippen molar-refractivity contribution in [2.45, 2.75) is 18.9 Å². The Labute approximate surface area is 103 Å². The van der Waals surface area contributed by atoms with Crippen molar-refractivity contribution in [2.24, 2.45) is 5.73 Å². The lowest BCUT2D eigenvalue weighted by molar-refractivity contribution is 0.282. The molecule has 0 fully saturated rings. The zero-order valence-corrected chi connectivity index (χ0v) is 10.6. The van der Waals surface area contributed by atoms with E-state index in [4.69, 9.17) is 5.73 Å². The van der Waals surface area contributed by atoms with Crippen LogP contribution in [0.4, 0.5) is 0 Å². The molecule has 3 heteroatoms. The number of fused-ring (bicyclic) bond motifs is 1. The molecule has 0 aliphatic carbocycles.